The van der Waals surface area contributed by atoms with Gasteiger partial charge in [0, 0.05) is 15.8 Å². The Kier molecular flexibility index (Phi) is 4.12. The van der Waals surface area contributed by atoms with Crippen LogP contribution in [-0.4, -0.2) is 16.8 Å². The average molecular weight is 355 g/mol. The first-order valence-corrected chi connectivity index (χ1v) is 8.22. The van der Waals surface area contributed by atoms with Gasteiger partial charge < -0.3 is 5.11 Å². The van der Waals surface area contributed by atoms with E-state index in [4.69, 9.17) is 23.2 Å². The third-order valence-electron chi connectivity index (χ3n) is 3.59. The molecule has 0 saturated carbocycles. The summed E-state index contributed by atoms with van der Waals surface area (Å²) in [6, 6.07) is 8.82. The molecule has 0 spiro atoms. The molecule has 0 aliphatic carbocycles. The third kappa shape index (κ3) is 2.60. The molecule has 4 nitrogen and oxygen atoms in total. The molecule has 0 radical (unpaired) electrons. The normalized spacial score (nSPS) is 21.0. The van der Waals surface area contributed by atoms with Crippen LogP contribution >= 0.6 is 34.5 Å². The number of thiophene rings is 1. The van der Waals surface area contributed by atoms with Crippen LogP contribution in [0, 0.1) is 5.92 Å². The average Bonchev–Trinajstić information content (AvgIpc) is 3.06. The lowest BCUT2D eigenvalue weighted by Gasteiger charge is -2.26. The van der Waals surface area contributed by atoms with E-state index in [2.05, 4.69) is 5.10 Å². The van der Waals surface area contributed by atoms with Crippen LogP contribution in [0.2, 0.25) is 10.0 Å². The molecule has 0 bridgehead atoms. The fourth-order valence-electron chi connectivity index (χ4n) is 2.57. The lowest BCUT2D eigenvalue weighted by atomic mass is 9.96. The second kappa shape index (κ2) is 5.91. The molecule has 1 aliphatic heterocycles. The van der Waals surface area contributed by atoms with Crippen molar-refractivity contribution in [3.63, 3.8) is 0 Å². The van der Waals surface area contributed by atoms with E-state index in [0.29, 0.717) is 15.7 Å². The van der Waals surface area contributed by atoms with Gasteiger partial charge in [0.2, 0.25) is 0 Å². The Morgan fingerprint density at radius 2 is 2.14 bits per heavy atom. The fraction of sp³-hybridized carbons (Fsp3) is 0.200. The molecule has 2 atom stereocenters. The standard InChI is InChI=1S/C15H12Cl2N2O2S/c1-8-13(15(20)21)18-19(14(8)12-3-2-6-22-12)11-5-4-9(16)7-10(11)17/h2-8,14H,1H3,(H,20,21)/t8-,14-/m0/s1. The van der Waals surface area contributed by atoms with Gasteiger partial charge in [-0.1, -0.05) is 36.2 Å². The Labute approximate surface area is 141 Å². The van der Waals surface area contributed by atoms with Crippen LogP contribution < -0.4 is 5.01 Å². The maximum Gasteiger partial charge on any atom is 0.352 e. The van der Waals surface area contributed by atoms with Gasteiger partial charge in [-0.3, -0.25) is 5.01 Å². The number of benzene rings is 1. The van der Waals surface area contributed by atoms with Gasteiger partial charge >= 0.3 is 5.97 Å². The minimum Gasteiger partial charge on any atom is -0.477 e. The molecule has 7 heteroatoms. The topological polar surface area (TPSA) is 52.9 Å². The van der Waals surface area contributed by atoms with Crippen LogP contribution in [0.25, 0.3) is 0 Å². The highest BCUT2D eigenvalue weighted by Crippen LogP contribution is 2.43. The van der Waals surface area contributed by atoms with Crippen molar-refractivity contribution < 1.29 is 9.90 Å². The molecular weight excluding hydrogens is 343 g/mol. The predicted molar refractivity (Wildman–Crippen MR) is 90.2 cm³/mol. The van der Waals surface area contributed by atoms with Crippen molar-refractivity contribution in [1.82, 2.24) is 0 Å². The summed E-state index contributed by atoms with van der Waals surface area (Å²) in [5.41, 5.74) is 0.775. The molecule has 0 fully saturated rings. The number of anilines is 1. The number of carboxylic acids is 1. The number of hydrogen-bond donors (Lipinski definition) is 1. The number of rotatable bonds is 3. The highest BCUT2D eigenvalue weighted by Gasteiger charge is 2.40. The molecule has 2 aromatic rings. The second-order valence-electron chi connectivity index (χ2n) is 4.98. The first-order valence-electron chi connectivity index (χ1n) is 6.58. The number of aliphatic carboxylic acids is 1. The van der Waals surface area contributed by atoms with E-state index < -0.39 is 5.97 Å². The predicted octanol–water partition coefficient (Wildman–Crippen LogP) is 4.69. The van der Waals surface area contributed by atoms with Gasteiger partial charge in [0.25, 0.3) is 0 Å². The van der Waals surface area contributed by atoms with Crippen molar-refractivity contribution in [1.29, 1.82) is 0 Å². The summed E-state index contributed by atoms with van der Waals surface area (Å²) in [5.74, 6) is -1.26. The van der Waals surface area contributed by atoms with Crippen LogP contribution in [0.5, 0.6) is 0 Å². The number of carbonyl (C=O) groups is 1. The number of halogens is 2. The largest absolute Gasteiger partial charge is 0.477 e. The van der Waals surface area contributed by atoms with Crippen molar-refractivity contribution in [2.45, 2.75) is 13.0 Å². The number of hydrogen-bond acceptors (Lipinski definition) is 4. The molecule has 1 aliphatic rings. The van der Waals surface area contributed by atoms with Crippen molar-refractivity contribution in [2.24, 2.45) is 11.0 Å². The molecule has 1 aromatic heterocycles. The van der Waals surface area contributed by atoms with Crippen LogP contribution in [-0.2, 0) is 4.79 Å². The molecular formula is C15H12Cl2N2O2S. The van der Waals surface area contributed by atoms with Gasteiger partial charge in [-0.2, -0.15) is 5.10 Å². The van der Waals surface area contributed by atoms with Crippen molar-refractivity contribution in [3.8, 4) is 0 Å². The summed E-state index contributed by atoms with van der Waals surface area (Å²) in [6.07, 6.45) is 0. The Morgan fingerprint density at radius 3 is 2.73 bits per heavy atom. The highest BCUT2D eigenvalue weighted by atomic mass is 35.5. The van der Waals surface area contributed by atoms with Gasteiger partial charge in [-0.05, 0) is 29.6 Å². The van der Waals surface area contributed by atoms with Gasteiger partial charge in [-0.15, -0.1) is 11.3 Å². The zero-order chi connectivity index (χ0) is 15.9. The monoisotopic (exact) mass is 354 g/mol. The van der Waals surface area contributed by atoms with Crippen LogP contribution in [0.15, 0.2) is 40.8 Å². The van der Waals surface area contributed by atoms with Crippen molar-refractivity contribution >= 4 is 51.9 Å². The van der Waals surface area contributed by atoms with E-state index in [0.717, 1.165) is 4.88 Å². The minimum absolute atomic E-state index is 0.129. The summed E-state index contributed by atoms with van der Waals surface area (Å²) in [5, 5.41) is 18.3. The van der Waals surface area contributed by atoms with Gasteiger partial charge in [0.1, 0.15) is 0 Å². The fourth-order valence-corrected chi connectivity index (χ4v) is 3.98. The Morgan fingerprint density at radius 1 is 1.36 bits per heavy atom. The molecule has 22 heavy (non-hydrogen) atoms. The molecule has 0 saturated heterocycles. The van der Waals surface area contributed by atoms with Crippen LogP contribution in [0.4, 0.5) is 5.69 Å². The maximum absolute atomic E-state index is 11.4. The summed E-state index contributed by atoms with van der Waals surface area (Å²) in [4.78, 5) is 12.5. The van der Waals surface area contributed by atoms with Crippen LogP contribution in [0.1, 0.15) is 17.8 Å². The number of nitrogens with zero attached hydrogens (tertiary/aromatic N) is 2. The van der Waals surface area contributed by atoms with E-state index in [-0.39, 0.29) is 17.7 Å². The van der Waals surface area contributed by atoms with E-state index >= 15 is 0 Å². The molecule has 1 aromatic carbocycles. The molecule has 2 heterocycles. The SMILES string of the molecule is C[C@H]1C(C(=O)O)=NN(c2ccc(Cl)cc2Cl)[C@@H]1c1cccs1. The first kappa shape index (κ1) is 15.3. The Balaban J connectivity index is 2.10. The van der Waals surface area contributed by atoms with E-state index in [1.165, 1.54) is 0 Å². The summed E-state index contributed by atoms with van der Waals surface area (Å²) >= 11 is 13.8. The molecule has 1 N–H and O–H groups in total. The van der Waals surface area contributed by atoms with E-state index in [1.54, 1.807) is 34.5 Å². The first-order chi connectivity index (χ1) is 10.5. The zero-order valence-corrected chi connectivity index (χ0v) is 13.9. The number of hydrazone groups is 1. The lowest BCUT2D eigenvalue weighted by molar-refractivity contribution is -0.129. The van der Waals surface area contributed by atoms with Crippen LogP contribution in [0.3, 0.4) is 0 Å². The number of carboxylic acid groups (broad SMARTS) is 1. The van der Waals surface area contributed by atoms with Gasteiger partial charge in [-0.25, -0.2) is 4.79 Å². The zero-order valence-electron chi connectivity index (χ0n) is 11.5. The molecule has 114 valence electrons. The summed E-state index contributed by atoms with van der Waals surface area (Å²) < 4.78 is 0. The summed E-state index contributed by atoms with van der Waals surface area (Å²) in [7, 11) is 0. The van der Waals surface area contributed by atoms with E-state index in [1.807, 2.05) is 24.4 Å². The maximum atomic E-state index is 11.4. The summed E-state index contributed by atoms with van der Waals surface area (Å²) in [6.45, 7) is 1.86. The van der Waals surface area contributed by atoms with E-state index in [9.17, 15) is 9.90 Å². The smallest absolute Gasteiger partial charge is 0.352 e. The molecule has 0 unspecified atom stereocenters. The third-order valence-corrected chi connectivity index (χ3v) is 5.08. The highest BCUT2D eigenvalue weighted by molar-refractivity contribution is 7.10. The molecule has 3 rings (SSSR count). The Bertz CT molecular complexity index is 746. The van der Waals surface area contributed by atoms with Gasteiger partial charge in [0.15, 0.2) is 5.71 Å². The van der Waals surface area contributed by atoms with Crippen molar-refractivity contribution in [3.05, 3.63) is 50.6 Å². The Hall–Kier alpha value is -1.56. The van der Waals surface area contributed by atoms with Gasteiger partial charge in [0.05, 0.1) is 16.8 Å². The minimum atomic E-state index is -1.01. The quantitative estimate of drug-likeness (QED) is 0.869. The second-order valence-corrected chi connectivity index (χ2v) is 6.80. The molecule has 0 amide bonds. The lowest BCUT2D eigenvalue weighted by Crippen LogP contribution is -2.25. The van der Waals surface area contributed by atoms with Crippen molar-refractivity contribution in [2.75, 3.05) is 5.01 Å².